The minimum atomic E-state index is 0.343. The Morgan fingerprint density at radius 2 is 1.91 bits per heavy atom. The van der Waals surface area contributed by atoms with Crippen LogP contribution in [0.3, 0.4) is 0 Å². The first kappa shape index (κ1) is 7.05. The van der Waals surface area contributed by atoms with Crippen LogP contribution in [0, 0.1) is 11.8 Å². The van der Waals surface area contributed by atoms with Crippen molar-refractivity contribution in [2.24, 2.45) is 21.8 Å². The molecule has 0 amide bonds. The van der Waals surface area contributed by atoms with E-state index in [9.17, 15) is 0 Å². The molecule has 3 aliphatic rings. The van der Waals surface area contributed by atoms with Crippen LogP contribution in [0.4, 0.5) is 0 Å². The summed E-state index contributed by atoms with van der Waals surface area (Å²) in [4.78, 5) is 8.37. The maximum Gasteiger partial charge on any atom is 0.0898 e. The average molecular weight is 150 g/mol. The molecular formula is C9H14N2. The van der Waals surface area contributed by atoms with Crippen molar-refractivity contribution in [2.75, 3.05) is 0 Å². The summed E-state index contributed by atoms with van der Waals surface area (Å²) in [6.45, 7) is 4.09. The lowest BCUT2D eigenvalue weighted by Crippen LogP contribution is -2.53. The molecule has 60 valence electrons. The lowest BCUT2D eigenvalue weighted by molar-refractivity contribution is -0.0150. The van der Waals surface area contributed by atoms with E-state index in [1.165, 1.54) is 12.8 Å². The number of aliphatic imine (C=N–C) groups is 2. The molecule has 11 heavy (non-hydrogen) atoms. The highest BCUT2D eigenvalue weighted by Gasteiger charge is 2.52. The van der Waals surface area contributed by atoms with Gasteiger partial charge in [-0.05, 0) is 38.5 Å². The predicted octanol–water partition coefficient (Wildman–Crippen LogP) is 1.98. The largest absolute Gasteiger partial charge is 0.223 e. The molecule has 0 N–H and O–H groups in total. The fraction of sp³-hybridized carbons (Fsp3) is 0.889. The van der Waals surface area contributed by atoms with Crippen molar-refractivity contribution in [3.63, 3.8) is 0 Å². The Bertz CT molecular complexity index is 200. The maximum atomic E-state index is 4.28. The Kier molecular flexibility index (Phi) is 1.57. The second kappa shape index (κ2) is 2.46. The van der Waals surface area contributed by atoms with Crippen molar-refractivity contribution in [3.8, 4) is 0 Å². The second-order valence-electron chi connectivity index (χ2n) is 3.93. The number of nitrogens with zero attached hydrogens (tertiary/aromatic N) is 2. The zero-order valence-corrected chi connectivity index (χ0v) is 7.12. The van der Waals surface area contributed by atoms with E-state index in [2.05, 4.69) is 16.0 Å². The highest BCUT2D eigenvalue weighted by atomic mass is 14.9. The van der Waals surface area contributed by atoms with Crippen molar-refractivity contribution in [1.82, 2.24) is 0 Å². The minimum absolute atomic E-state index is 0.343. The van der Waals surface area contributed by atoms with Gasteiger partial charge in [-0.15, -0.1) is 0 Å². The van der Waals surface area contributed by atoms with Gasteiger partial charge in [-0.25, -0.2) is 9.98 Å². The molecule has 0 atom stereocenters. The topological polar surface area (TPSA) is 24.7 Å². The van der Waals surface area contributed by atoms with E-state index in [0.29, 0.717) is 12.1 Å². The van der Waals surface area contributed by atoms with Crippen LogP contribution in [0.25, 0.3) is 0 Å². The van der Waals surface area contributed by atoms with Crippen molar-refractivity contribution in [2.45, 2.75) is 38.8 Å². The van der Waals surface area contributed by atoms with Gasteiger partial charge in [0.25, 0.3) is 0 Å². The highest BCUT2D eigenvalue weighted by molar-refractivity contribution is 5.43. The van der Waals surface area contributed by atoms with Crippen LogP contribution in [0.5, 0.6) is 0 Å². The van der Waals surface area contributed by atoms with Crippen LogP contribution < -0.4 is 0 Å². The third kappa shape index (κ3) is 1.12. The van der Waals surface area contributed by atoms with Gasteiger partial charge < -0.3 is 0 Å². The Hall–Kier alpha value is -0.620. The van der Waals surface area contributed by atoms with Gasteiger partial charge in [-0.1, -0.05) is 0 Å². The summed E-state index contributed by atoms with van der Waals surface area (Å²) < 4.78 is 0. The highest BCUT2D eigenvalue weighted by Crippen LogP contribution is 2.55. The van der Waals surface area contributed by atoms with Gasteiger partial charge >= 0.3 is 0 Å². The summed E-state index contributed by atoms with van der Waals surface area (Å²) in [5, 5.41) is 0. The molecule has 3 saturated carbocycles. The van der Waals surface area contributed by atoms with Crippen molar-refractivity contribution >= 4 is 6.01 Å². The van der Waals surface area contributed by atoms with Gasteiger partial charge in [-0.3, -0.25) is 0 Å². The molecule has 0 unspecified atom stereocenters. The van der Waals surface area contributed by atoms with Crippen LogP contribution in [0.2, 0.25) is 0 Å². The van der Waals surface area contributed by atoms with Gasteiger partial charge in [0, 0.05) is 0 Å². The summed E-state index contributed by atoms with van der Waals surface area (Å²) in [5.74, 6) is 1.80. The van der Waals surface area contributed by atoms with E-state index in [4.69, 9.17) is 0 Å². The van der Waals surface area contributed by atoms with E-state index >= 15 is 0 Å². The molecule has 0 aromatic heterocycles. The molecule has 0 spiro atoms. The molecule has 0 saturated heterocycles. The lowest BCUT2D eigenvalue weighted by atomic mass is 9.52. The van der Waals surface area contributed by atoms with Gasteiger partial charge in [0.05, 0.1) is 18.1 Å². The van der Waals surface area contributed by atoms with Crippen LogP contribution in [0.15, 0.2) is 9.98 Å². The normalized spacial score (nSPS) is 38.6. The van der Waals surface area contributed by atoms with E-state index in [0.717, 1.165) is 11.8 Å². The monoisotopic (exact) mass is 150 g/mol. The van der Waals surface area contributed by atoms with Gasteiger partial charge in [0.15, 0.2) is 0 Å². The second-order valence-corrected chi connectivity index (χ2v) is 3.93. The first-order valence-corrected chi connectivity index (χ1v) is 4.42. The van der Waals surface area contributed by atoms with Crippen molar-refractivity contribution in [3.05, 3.63) is 0 Å². The minimum Gasteiger partial charge on any atom is -0.223 e. The van der Waals surface area contributed by atoms with Crippen LogP contribution in [-0.4, -0.2) is 18.1 Å². The first-order valence-electron chi connectivity index (χ1n) is 4.42. The zero-order valence-electron chi connectivity index (χ0n) is 7.12. The molecule has 3 rings (SSSR count). The van der Waals surface area contributed by atoms with E-state index in [1.54, 1.807) is 0 Å². The molecule has 2 nitrogen and oxygen atoms in total. The Morgan fingerprint density at radius 3 is 2.27 bits per heavy atom. The fourth-order valence-electron chi connectivity index (χ4n) is 1.69. The first-order chi connectivity index (χ1) is 5.27. The molecular weight excluding hydrogens is 136 g/mol. The summed E-state index contributed by atoms with van der Waals surface area (Å²) in [6, 6.07) is 3.75. The molecule has 0 radical (unpaired) electrons. The molecule has 0 heterocycles. The van der Waals surface area contributed by atoms with E-state index in [-0.39, 0.29) is 0 Å². The number of rotatable bonds is 2. The molecule has 2 bridgehead atoms. The molecule has 0 aliphatic heterocycles. The third-order valence-corrected chi connectivity index (χ3v) is 2.70. The summed E-state index contributed by atoms with van der Waals surface area (Å²) in [6.07, 6.45) is 2.83. The molecule has 2 heteroatoms. The summed E-state index contributed by atoms with van der Waals surface area (Å²) in [5.41, 5.74) is 0. The lowest BCUT2D eigenvalue weighted by Gasteiger charge is -2.55. The molecule has 3 fully saturated rings. The molecule has 3 aliphatic carbocycles. The fourth-order valence-corrected chi connectivity index (χ4v) is 1.69. The van der Waals surface area contributed by atoms with Crippen LogP contribution in [0.1, 0.15) is 26.7 Å². The Morgan fingerprint density at radius 1 is 1.27 bits per heavy atom. The summed E-state index contributed by atoms with van der Waals surface area (Å²) >= 11 is 0. The van der Waals surface area contributed by atoms with Crippen molar-refractivity contribution in [1.29, 1.82) is 0 Å². The maximum absolute atomic E-state index is 4.28. The molecule has 0 aromatic carbocycles. The quantitative estimate of drug-likeness (QED) is 0.538. The van der Waals surface area contributed by atoms with E-state index in [1.807, 2.05) is 13.8 Å². The van der Waals surface area contributed by atoms with Gasteiger partial charge in [-0.2, -0.15) is 0 Å². The van der Waals surface area contributed by atoms with Gasteiger partial charge in [0.2, 0.25) is 0 Å². The van der Waals surface area contributed by atoms with Crippen LogP contribution >= 0.6 is 0 Å². The van der Waals surface area contributed by atoms with Crippen molar-refractivity contribution < 1.29 is 0 Å². The van der Waals surface area contributed by atoms with Crippen LogP contribution in [-0.2, 0) is 0 Å². The standard InChI is InChI=1S/C9H14N2/c1-6(2)10-5-11-9-7-3-8(9)4-7/h6-9H,3-4H2,1-2H3. The average Bonchev–Trinajstić information content (AvgIpc) is 1.73. The third-order valence-electron chi connectivity index (χ3n) is 2.70. The Labute approximate surface area is 67.4 Å². The smallest absolute Gasteiger partial charge is 0.0898 e. The van der Waals surface area contributed by atoms with E-state index < -0.39 is 0 Å². The zero-order chi connectivity index (χ0) is 7.84. The Balaban J connectivity index is 1.85. The number of hydrogen-bond acceptors (Lipinski definition) is 2. The SMILES string of the molecule is CC(C)N=C=NC1C2CC1C2. The van der Waals surface area contributed by atoms with Gasteiger partial charge in [0.1, 0.15) is 0 Å². The molecule has 0 aromatic rings. The predicted molar refractivity (Wildman–Crippen MR) is 45.0 cm³/mol. The summed E-state index contributed by atoms with van der Waals surface area (Å²) in [7, 11) is 0. The number of hydrogen-bond donors (Lipinski definition) is 0.